The topological polar surface area (TPSA) is 51.8 Å². The fourth-order valence-corrected chi connectivity index (χ4v) is 2.56. The Labute approximate surface area is 99.4 Å². The van der Waals surface area contributed by atoms with Crippen molar-refractivity contribution in [3.63, 3.8) is 0 Å². The van der Waals surface area contributed by atoms with Gasteiger partial charge in [0.1, 0.15) is 5.01 Å². The Hall–Kier alpha value is -1.26. The first-order chi connectivity index (χ1) is 7.58. The number of aromatic nitrogens is 2. The molecule has 0 aliphatic carbocycles. The second-order valence-electron chi connectivity index (χ2n) is 3.95. The third-order valence-corrected chi connectivity index (χ3v) is 3.81. The Morgan fingerprint density at radius 3 is 2.56 bits per heavy atom. The average Bonchev–Trinajstić information content (AvgIpc) is 2.61. The number of nitrogens with two attached hydrogens (primary N) is 1. The number of hydrogen-bond acceptors (Lipinski definition) is 4. The predicted molar refractivity (Wildman–Crippen MR) is 67.4 cm³/mol. The van der Waals surface area contributed by atoms with Crippen LogP contribution in [0.5, 0.6) is 0 Å². The van der Waals surface area contributed by atoms with Crippen molar-refractivity contribution < 1.29 is 0 Å². The molecule has 0 amide bonds. The van der Waals surface area contributed by atoms with E-state index in [1.807, 2.05) is 39.1 Å². The van der Waals surface area contributed by atoms with Crippen LogP contribution in [-0.2, 0) is 0 Å². The van der Waals surface area contributed by atoms with Crippen LogP contribution in [-0.4, -0.2) is 9.97 Å². The van der Waals surface area contributed by atoms with Gasteiger partial charge in [0.2, 0.25) is 0 Å². The lowest BCUT2D eigenvalue weighted by Gasteiger charge is -1.99. The average molecular weight is 233 g/mol. The smallest absolute Gasteiger partial charge is 0.125 e. The zero-order chi connectivity index (χ0) is 11.7. The highest BCUT2D eigenvalue weighted by Crippen LogP contribution is 2.30. The van der Waals surface area contributed by atoms with Crippen molar-refractivity contribution in [1.82, 2.24) is 9.97 Å². The van der Waals surface area contributed by atoms with Crippen LogP contribution in [0.25, 0.3) is 10.6 Å². The summed E-state index contributed by atoms with van der Waals surface area (Å²) in [7, 11) is 0. The Balaban J connectivity index is 2.41. The molecule has 0 bridgehead atoms. The summed E-state index contributed by atoms with van der Waals surface area (Å²) in [5.74, 6) is 0. The summed E-state index contributed by atoms with van der Waals surface area (Å²) in [6.45, 7) is 5.96. The van der Waals surface area contributed by atoms with Gasteiger partial charge in [-0.3, -0.25) is 4.98 Å². The molecule has 2 N–H and O–H groups in total. The SMILES string of the molecule is Cc1ccc(-c2nc(C)c(C(C)N)s2)cn1. The molecule has 3 nitrogen and oxygen atoms in total. The van der Waals surface area contributed by atoms with Crippen molar-refractivity contribution in [2.75, 3.05) is 0 Å². The molecule has 0 fully saturated rings. The Morgan fingerprint density at radius 1 is 1.31 bits per heavy atom. The van der Waals surface area contributed by atoms with Gasteiger partial charge in [0.15, 0.2) is 0 Å². The summed E-state index contributed by atoms with van der Waals surface area (Å²) in [6, 6.07) is 4.09. The number of rotatable bonds is 2. The first-order valence-electron chi connectivity index (χ1n) is 5.24. The van der Waals surface area contributed by atoms with Crippen LogP contribution < -0.4 is 5.73 Å². The lowest BCUT2D eigenvalue weighted by atomic mass is 10.2. The van der Waals surface area contributed by atoms with E-state index >= 15 is 0 Å². The molecule has 4 heteroatoms. The van der Waals surface area contributed by atoms with Crippen LogP contribution in [0.4, 0.5) is 0 Å². The van der Waals surface area contributed by atoms with Crippen LogP contribution >= 0.6 is 11.3 Å². The van der Waals surface area contributed by atoms with Gasteiger partial charge in [-0.05, 0) is 32.9 Å². The molecule has 2 aromatic heterocycles. The van der Waals surface area contributed by atoms with Gasteiger partial charge in [-0.2, -0.15) is 0 Å². The van der Waals surface area contributed by atoms with E-state index < -0.39 is 0 Å². The van der Waals surface area contributed by atoms with Gasteiger partial charge in [-0.15, -0.1) is 11.3 Å². The number of aryl methyl sites for hydroxylation is 2. The predicted octanol–water partition coefficient (Wildman–Crippen LogP) is 2.84. The van der Waals surface area contributed by atoms with Crippen LogP contribution in [0.1, 0.15) is 29.2 Å². The van der Waals surface area contributed by atoms with Crippen LogP contribution in [0.3, 0.4) is 0 Å². The van der Waals surface area contributed by atoms with E-state index in [1.54, 1.807) is 11.3 Å². The lowest BCUT2D eigenvalue weighted by molar-refractivity contribution is 0.825. The van der Waals surface area contributed by atoms with Gasteiger partial charge in [0.25, 0.3) is 0 Å². The summed E-state index contributed by atoms with van der Waals surface area (Å²) < 4.78 is 0. The number of hydrogen-bond donors (Lipinski definition) is 1. The standard InChI is InChI=1S/C12H15N3S/c1-7-4-5-10(6-14-7)12-15-9(3)11(16-12)8(2)13/h4-6,8H,13H2,1-3H3. The Bertz CT molecular complexity index is 485. The van der Waals surface area contributed by atoms with Crippen molar-refractivity contribution in [2.24, 2.45) is 5.73 Å². The molecule has 0 saturated heterocycles. The number of nitrogens with zero attached hydrogens (tertiary/aromatic N) is 2. The first kappa shape index (κ1) is 11.2. The van der Waals surface area contributed by atoms with Crippen molar-refractivity contribution >= 4 is 11.3 Å². The van der Waals surface area contributed by atoms with E-state index in [-0.39, 0.29) is 6.04 Å². The Kier molecular flexibility index (Phi) is 3.03. The quantitative estimate of drug-likeness (QED) is 0.867. The Morgan fingerprint density at radius 2 is 2.06 bits per heavy atom. The van der Waals surface area contributed by atoms with Crippen molar-refractivity contribution in [1.29, 1.82) is 0 Å². The molecule has 1 atom stereocenters. The lowest BCUT2D eigenvalue weighted by Crippen LogP contribution is -2.03. The molecule has 0 spiro atoms. The number of thiazole rings is 1. The van der Waals surface area contributed by atoms with Gasteiger partial charge in [0, 0.05) is 28.4 Å². The third kappa shape index (κ3) is 2.13. The fourth-order valence-electron chi connectivity index (χ4n) is 1.55. The minimum atomic E-state index is 0.0460. The van der Waals surface area contributed by atoms with Crippen LogP contribution in [0.15, 0.2) is 18.3 Å². The highest BCUT2D eigenvalue weighted by molar-refractivity contribution is 7.15. The summed E-state index contributed by atoms with van der Waals surface area (Å²) in [6.07, 6.45) is 1.86. The molecule has 2 heterocycles. The van der Waals surface area contributed by atoms with Crippen molar-refractivity contribution in [3.8, 4) is 10.6 Å². The van der Waals surface area contributed by atoms with Gasteiger partial charge in [0.05, 0.1) is 5.69 Å². The van der Waals surface area contributed by atoms with E-state index in [0.29, 0.717) is 0 Å². The molecule has 2 aromatic rings. The van der Waals surface area contributed by atoms with E-state index in [1.165, 1.54) is 0 Å². The minimum Gasteiger partial charge on any atom is -0.323 e. The van der Waals surface area contributed by atoms with Gasteiger partial charge < -0.3 is 5.73 Å². The maximum atomic E-state index is 5.88. The molecule has 0 aromatic carbocycles. The van der Waals surface area contributed by atoms with Gasteiger partial charge in [-0.1, -0.05) is 0 Å². The molecule has 0 radical (unpaired) electrons. The van der Waals surface area contributed by atoms with E-state index in [9.17, 15) is 0 Å². The monoisotopic (exact) mass is 233 g/mol. The van der Waals surface area contributed by atoms with Crippen LogP contribution in [0.2, 0.25) is 0 Å². The molecular weight excluding hydrogens is 218 g/mol. The van der Waals surface area contributed by atoms with Gasteiger partial charge >= 0.3 is 0 Å². The third-order valence-electron chi connectivity index (χ3n) is 2.40. The normalized spacial score (nSPS) is 12.8. The maximum absolute atomic E-state index is 5.88. The zero-order valence-electron chi connectivity index (χ0n) is 9.69. The molecule has 0 aliphatic rings. The second kappa shape index (κ2) is 4.31. The fraction of sp³-hybridized carbons (Fsp3) is 0.333. The molecule has 16 heavy (non-hydrogen) atoms. The van der Waals surface area contributed by atoms with Crippen LogP contribution in [0, 0.1) is 13.8 Å². The summed E-state index contributed by atoms with van der Waals surface area (Å²) in [4.78, 5) is 9.95. The maximum Gasteiger partial charge on any atom is 0.125 e. The highest BCUT2D eigenvalue weighted by atomic mass is 32.1. The first-order valence-corrected chi connectivity index (χ1v) is 6.05. The minimum absolute atomic E-state index is 0.0460. The summed E-state index contributed by atoms with van der Waals surface area (Å²) >= 11 is 1.65. The molecule has 0 saturated carbocycles. The van der Waals surface area contributed by atoms with E-state index in [0.717, 1.165) is 26.8 Å². The number of pyridine rings is 1. The van der Waals surface area contributed by atoms with Gasteiger partial charge in [-0.25, -0.2) is 4.98 Å². The zero-order valence-corrected chi connectivity index (χ0v) is 10.5. The molecule has 2 rings (SSSR count). The molecule has 84 valence electrons. The second-order valence-corrected chi connectivity index (χ2v) is 4.98. The highest BCUT2D eigenvalue weighted by Gasteiger charge is 2.12. The summed E-state index contributed by atoms with van der Waals surface area (Å²) in [5, 5.41) is 0.998. The van der Waals surface area contributed by atoms with E-state index in [2.05, 4.69) is 9.97 Å². The molecule has 0 aliphatic heterocycles. The molecule has 1 unspecified atom stereocenters. The van der Waals surface area contributed by atoms with E-state index in [4.69, 9.17) is 5.73 Å². The van der Waals surface area contributed by atoms with Crippen molar-refractivity contribution in [3.05, 3.63) is 34.6 Å². The molecular formula is C12H15N3S. The summed E-state index contributed by atoms with van der Waals surface area (Å²) in [5.41, 5.74) is 8.99. The largest absolute Gasteiger partial charge is 0.323 e. The van der Waals surface area contributed by atoms with Crippen molar-refractivity contribution in [2.45, 2.75) is 26.8 Å².